The third-order valence-electron chi connectivity index (χ3n) is 3.77. The van der Waals surface area contributed by atoms with Crippen LogP contribution in [0.4, 0.5) is 0 Å². The van der Waals surface area contributed by atoms with Crippen molar-refractivity contribution in [1.82, 2.24) is 15.1 Å². The van der Waals surface area contributed by atoms with E-state index in [9.17, 15) is 9.59 Å². The van der Waals surface area contributed by atoms with Gasteiger partial charge in [0.05, 0.1) is 6.04 Å². The molecule has 0 unspecified atom stereocenters. The molecule has 2 aliphatic heterocycles. The van der Waals surface area contributed by atoms with E-state index >= 15 is 0 Å². The summed E-state index contributed by atoms with van der Waals surface area (Å²) in [5, 5.41) is 3.24. The van der Waals surface area contributed by atoms with E-state index in [1.807, 2.05) is 16.7 Å². The largest absolute Gasteiger partial charge is 0.339 e. The van der Waals surface area contributed by atoms with Crippen molar-refractivity contribution in [2.75, 3.05) is 32.7 Å². The first-order chi connectivity index (χ1) is 8.72. The predicted octanol–water partition coefficient (Wildman–Crippen LogP) is 0.209. The number of hydrogen-bond acceptors (Lipinski definition) is 3. The number of nitrogens with one attached hydrogen (secondary N) is 1. The average Bonchev–Trinajstić information content (AvgIpc) is 2.92. The Labute approximate surface area is 108 Å². The summed E-state index contributed by atoms with van der Waals surface area (Å²) in [6.07, 6.45) is 3.56. The molecule has 0 aliphatic carbocycles. The highest BCUT2D eigenvalue weighted by atomic mass is 16.2. The number of nitrogens with zero attached hydrogens (tertiary/aromatic N) is 2. The maximum Gasteiger partial charge on any atom is 0.239 e. The van der Waals surface area contributed by atoms with Crippen molar-refractivity contribution in [1.29, 1.82) is 0 Å². The zero-order chi connectivity index (χ0) is 13.0. The number of hydrogen-bond donors (Lipinski definition) is 1. The van der Waals surface area contributed by atoms with Gasteiger partial charge in [-0.15, -0.1) is 0 Å². The van der Waals surface area contributed by atoms with Gasteiger partial charge >= 0.3 is 0 Å². The summed E-state index contributed by atoms with van der Waals surface area (Å²) in [7, 11) is 0. The van der Waals surface area contributed by atoms with Gasteiger partial charge in [-0.05, 0) is 25.8 Å². The number of carbonyl (C=O) groups is 2. The lowest BCUT2D eigenvalue weighted by atomic mass is 10.2. The number of rotatable bonds is 3. The monoisotopic (exact) mass is 253 g/mol. The highest BCUT2D eigenvalue weighted by Gasteiger charge is 2.29. The molecule has 0 aromatic heterocycles. The van der Waals surface area contributed by atoms with Crippen LogP contribution in [0.3, 0.4) is 0 Å². The van der Waals surface area contributed by atoms with Crippen molar-refractivity contribution in [2.45, 2.75) is 38.6 Å². The van der Waals surface area contributed by atoms with Gasteiger partial charge in [-0.2, -0.15) is 0 Å². The van der Waals surface area contributed by atoms with Gasteiger partial charge in [0.2, 0.25) is 11.8 Å². The maximum absolute atomic E-state index is 12.2. The van der Waals surface area contributed by atoms with Gasteiger partial charge in [0, 0.05) is 32.6 Å². The Morgan fingerprint density at radius 3 is 2.39 bits per heavy atom. The van der Waals surface area contributed by atoms with Gasteiger partial charge in [0.1, 0.15) is 0 Å². The van der Waals surface area contributed by atoms with Gasteiger partial charge < -0.3 is 15.1 Å². The Morgan fingerprint density at radius 1 is 1.17 bits per heavy atom. The van der Waals surface area contributed by atoms with Crippen LogP contribution in [0.1, 0.15) is 32.6 Å². The lowest BCUT2D eigenvalue weighted by Gasteiger charge is -2.36. The van der Waals surface area contributed by atoms with Crippen LogP contribution in [-0.4, -0.2) is 60.4 Å². The quantitative estimate of drug-likeness (QED) is 0.782. The third kappa shape index (κ3) is 3.02. The number of carbonyl (C=O) groups excluding carboxylic acids is 2. The Hall–Kier alpha value is -1.10. The van der Waals surface area contributed by atoms with Gasteiger partial charge in [-0.1, -0.05) is 6.92 Å². The molecular formula is C13H23N3O2. The molecule has 102 valence electrons. The highest BCUT2D eigenvalue weighted by molar-refractivity contribution is 5.82. The molecule has 0 aromatic carbocycles. The fraction of sp³-hybridized carbons (Fsp3) is 0.846. The molecular weight excluding hydrogens is 230 g/mol. The second-order valence-electron chi connectivity index (χ2n) is 5.11. The second kappa shape index (κ2) is 6.18. The molecule has 1 N–H and O–H groups in total. The molecule has 5 nitrogen and oxygen atoms in total. The summed E-state index contributed by atoms with van der Waals surface area (Å²) in [5.74, 6) is 0.443. The molecule has 18 heavy (non-hydrogen) atoms. The molecule has 5 heteroatoms. The van der Waals surface area contributed by atoms with E-state index in [4.69, 9.17) is 0 Å². The second-order valence-corrected chi connectivity index (χ2v) is 5.11. The van der Waals surface area contributed by atoms with E-state index in [2.05, 4.69) is 5.32 Å². The van der Waals surface area contributed by atoms with Gasteiger partial charge in [-0.3, -0.25) is 9.59 Å². The first kappa shape index (κ1) is 13.3. The number of piperazine rings is 1. The van der Waals surface area contributed by atoms with Crippen molar-refractivity contribution in [2.24, 2.45) is 0 Å². The third-order valence-corrected chi connectivity index (χ3v) is 3.77. The molecule has 0 radical (unpaired) electrons. The Bertz CT molecular complexity index is 305. The Kier molecular flexibility index (Phi) is 4.58. The van der Waals surface area contributed by atoms with Crippen molar-refractivity contribution in [3.05, 3.63) is 0 Å². The van der Waals surface area contributed by atoms with E-state index < -0.39 is 0 Å². The summed E-state index contributed by atoms with van der Waals surface area (Å²) in [6.45, 7) is 5.72. The Morgan fingerprint density at radius 2 is 1.83 bits per heavy atom. The molecule has 0 bridgehead atoms. The minimum absolute atomic E-state index is 0.0166. The molecule has 1 atom stereocenters. The standard InChI is InChI=1S/C13H23N3O2/c1-2-4-12(17)15-7-9-16(10-8-15)13(18)11-5-3-6-14-11/h11,14H,2-10H2,1H3/t11-/m0/s1. The smallest absolute Gasteiger partial charge is 0.239 e. The number of amides is 2. The first-order valence-corrected chi connectivity index (χ1v) is 7.02. The minimum atomic E-state index is 0.0166. The van der Waals surface area contributed by atoms with E-state index in [0.29, 0.717) is 32.6 Å². The molecule has 0 saturated carbocycles. The molecule has 2 aliphatic rings. The summed E-state index contributed by atoms with van der Waals surface area (Å²) in [6, 6.07) is 0.0166. The van der Waals surface area contributed by atoms with E-state index in [1.165, 1.54) is 0 Å². The fourth-order valence-corrected chi connectivity index (χ4v) is 2.66. The van der Waals surface area contributed by atoms with Gasteiger partial charge in [0.15, 0.2) is 0 Å². The van der Waals surface area contributed by atoms with E-state index in [1.54, 1.807) is 0 Å². The lowest BCUT2D eigenvalue weighted by Crippen LogP contribution is -2.54. The predicted molar refractivity (Wildman–Crippen MR) is 69.1 cm³/mol. The van der Waals surface area contributed by atoms with Gasteiger partial charge in [0.25, 0.3) is 0 Å². The highest BCUT2D eigenvalue weighted by Crippen LogP contribution is 2.11. The molecule has 2 fully saturated rings. The summed E-state index contributed by atoms with van der Waals surface area (Å²) in [4.78, 5) is 27.7. The van der Waals surface area contributed by atoms with Crippen LogP contribution >= 0.6 is 0 Å². The fourth-order valence-electron chi connectivity index (χ4n) is 2.66. The maximum atomic E-state index is 12.2. The van der Waals surface area contributed by atoms with Crippen molar-refractivity contribution >= 4 is 11.8 Å². The zero-order valence-electron chi connectivity index (χ0n) is 11.2. The summed E-state index contributed by atoms with van der Waals surface area (Å²) in [5.41, 5.74) is 0. The van der Waals surface area contributed by atoms with Gasteiger partial charge in [-0.25, -0.2) is 0 Å². The van der Waals surface area contributed by atoms with Crippen LogP contribution in [-0.2, 0) is 9.59 Å². The van der Waals surface area contributed by atoms with Crippen LogP contribution < -0.4 is 5.32 Å². The van der Waals surface area contributed by atoms with E-state index in [0.717, 1.165) is 25.8 Å². The van der Waals surface area contributed by atoms with Crippen LogP contribution in [0.2, 0.25) is 0 Å². The van der Waals surface area contributed by atoms with Crippen LogP contribution in [0.5, 0.6) is 0 Å². The summed E-state index contributed by atoms with van der Waals surface area (Å²) < 4.78 is 0. The van der Waals surface area contributed by atoms with Crippen molar-refractivity contribution in [3.8, 4) is 0 Å². The normalized spacial score (nSPS) is 24.4. The molecule has 2 heterocycles. The average molecular weight is 253 g/mol. The summed E-state index contributed by atoms with van der Waals surface area (Å²) >= 11 is 0. The first-order valence-electron chi connectivity index (χ1n) is 7.02. The molecule has 0 spiro atoms. The molecule has 0 aromatic rings. The molecule has 2 saturated heterocycles. The minimum Gasteiger partial charge on any atom is -0.339 e. The Balaban J connectivity index is 1.79. The van der Waals surface area contributed by atoms with Crippen molar-refractivity contribution in [3.63, 3.8) is 0 Å². The molecule has 2 rings (SSSR count). The van der Waals surface area contributed by atoms with E-state index in [-0.39, 0.29) is 17.9 Å². The van der Waals surface area contributed by atoms with Crippen LogP contribution in [0.15, 0.2) is 0 Å². The van der Waals surface area contributed by atoms with Crippen LogP contribution in [0, 0.1) is 0 Å². The lowest BCUT2D eigenvalue weighted by molar-refractivity contribution is -0.140. The van der Waals surface area contributed by atoms with Crippen LogP contribution in [0.25, 0.3) is 0 Å². The SMILES string of the molecule is CCCC(=O)N1CCN(C(=O)[C@@H]2CCCN2)CC1. The zero-order valence-corrected chi connectivity index (χ0v) is 11.2. The molecule has 2 amide bonds. The topological polar surface area (TPSA) is 52.7 Å². The van der Waals surface area contributed by atoms with Crippen molar-refractivity contribution < 1.29 is 9.59 Å².